The van der Waals surface area contributed by atoms with Gasteiger partial charge in [0.25, 0.3) is 5.56 Å². The summed E-state index contributed by atoms with van der Waals surface area (Å²) in [6, 6.07) is 7.38. The molecule has 1 atom stereocenters. The molecule has 0 radical (unpaired) electrons. The van der Waals surface area contributed by atoms with E-state index in [9.17, 15) is 9.59 Å². The zero-order valence-electron chi connectivity index (χ0n) is 14.3. The molecule has 0 aliphatic rings. The third kappa shape index (κ3) is 3.92. The van der Waals surface area contributed by atoms with E-state index in [1.54, 1.807) is 30.5 Å². The minimum atomic E-state index is -0.434. The van der Waals surface area contributed by atoms with Crippen LogP contribution in [0.25, 0.3) is 0 Å². The molecule has 0 spiro atoms. The second-order valence-electron chi connectivity index (χ2n) is 6.80. The van der Waals surface area contributed by atoms with E-state index < -0.39 is 5.56 Å². The van der Waals surface area contributed by atoms with Crippen molar-refractivity contribution in [2.45, 2.75) is 40.3 Å². The molecule has 126 valence electrons. The minimum Gasteiger partial charge on any atom is -0.346 e. The SMILES string of the molecule is Cc1ccn(CC(=O)N[C@@H](c2cccs2)C(C)(C)C)c(=O)c1C#N. The third-order valence-electron chi connectivity index (χ3n) is 3.80. The van der Waals surface area contributed by atoms with E-state index in [2.05, 4.69) is 26.1 Å². The van der Waals surface area contributed by atoms with Crippen molar-refractivity contribution in [3.8, 4) is 6.07 Å². The van der Waals surface area contributed by atoms with Crippen molar-refractivity contribution in [2.24, 2.45) is 5.41 Å². The van der Waals surface area contributed by atoms with Crippen molar-refractivity contribution >= 4 is 17.2 Å². The predicted molar refractivity (Wildman–Crippen MR) is 94.8 cm³/mol. The van der Waals surface area contributed by atoms with Gasteiger partial charge in [-0.1, -0.05) is 26.8 Å². The van der Waals surface area contributed by atoms with Gasteiger partial charge >= 0.3 is 0 Å². The van der Waals surface area contributed by atoms with Crippen molar-refractivity contribution in [1.82, 2.24) is 9.88 Å². The molecule has 0 saturated carbocycles. The number of nitriles is 1. The first kappa shape index (κ1) is 18.0. The van der Waals surface area contributed by atoms with Gasteiger partial charge < -0.3 is 9.88 Å². The number of carbonyl (C=O) groups is 1. The van der Waals surface area contributed by atoms with Gasteiger partial charge in [-0.05, 0) is 35.4 Å². The lowest BCUT2D eigenvalue weighted by molar-refractivity contribution is -0.123. The Bertz CT molecular complexity index is 823. The van der Waals surface area contributed by atoms with Crippen LogP contribution >= 0.6 is 11.3 Å². The van der Waals surface area contributed by atoms with Gasteiger partial charge in [0.1, 0.15) is 18.2 Å². The van der Waals surface area contributed by atoms with Gasteiger partial charge in [-0.3, -0.25) is 9.59 Å². The molecule has 24 heavy (non-hydrogen) atoms. The lowest BCUT2D eigenvalue weighted by Gasteiger charge is -2.31. The van der Waals surface area contributed by atoms with E-state index in [0.29, 0.717) is 5.56 Å². The van der Waals surface area contributed by atoms with Crippen LogP contribution in [0.3, 0.4) is 0 Å². The maximum Gasteiger partial charge on any atom is 0.269 e. The Labute approximate surface area is 145 Å². The number of aromatic nitrogens is 1. The van der Waals surface area contributed by atoms with Gasteiger partial charge in [0.05, 0.1) is 6.04 Å². The molecular weight excluding hydrogens is 322 g/mol. The van der Waals surface area contributed by atoms with Crippen molar-refractivity contribution in [2.75, 3.05) is 0 Å². The molecule has 6 heteroatoms. The van der Waals surface area contributed by atoms with Crippen LogP contribution in [0.15, 0.2) is 34.6 Å². The molecule has 2 aromatic heterocycles. The highest BCUT2D eigenvalue weighted by Gasteiger charge is 2.28. The lowest BCUT2D eigenvalue weighted by Crippen LogP contribution is -2.39. The number of hydrogen-bond acceptors (Lipinski definition) is 4. The number of aryl methyl sites for hydroxylation is 1. The normalized spacial score (nSPS) is 12.5. The average Bonchev–Trinajstić information content (AvgIpc) is 3.01. The second-order valence-corrected chi connectivity index (χ2v) is 7.78. The van der Waals surface area contributed by atoms with Crippen LogP contribution in [0.4, 0.5) is 0 Å². The molecule has 2 heterocycles. The topological polar surface area (TPSA) is 74.9 Å². The number of hydrogen-bond donors (Lipinski definition) is 1. The van der Waals surface area contributed by atoms with Crippen LogP contribution in [0.1, 0.15) is 42.8 Å². The summed E-state index contributed by atoms with van der Waals surface area (Å²) in [5.41, 5.74) is 0.105. The first-order valence-electron chi connectivity index (χ1n) is 7.67. The highest BCUT2D eigenvalue weighted by Crippen LogP contribution is 2.35. The second kappa shape index (κ2) is 7.02. The van der Waals surface area contributed by atoms with Crippen LogP contribution in [-0.4, -0.2) is 10.5 Å². The fourth-order valence-corrected chi connectivity index (χ4v) is 3.48. The third-order valence-corrected chi connectivity index (χ3v) is 4.74. The van der Waals surface area contributed by atoms with Gasteiger partial charge in [0, 0.05) is 11.1 Å². The molecular formula is C18H21N3O2S. The molecule has 5 nitrogen and oxygen atoms in total. The van der Waals surface area contributed by atoms with E-state index in [1.807, 2.05) is 23.6 Å². The van der Waals surface area contributed by atoms with Gasteiger partial charge in [-0.2, -0.15) is 5.26 Å². The van der Waals surface area contributed by atoms with Crippen molar-refractivity contribution in [1.29, 1.82) is 5.26 Å². The summed E-state index contributed by atoms with van der Waals surface area (Å²) >= 11 is 1.59. The van der Waals surface area contributed by atoms with E-state index in [1.165, 1.54) is 4.57 Å². The van der Waals surface area contributed by atoms with E-state index >= 15 is 0 Å². The Morgan fingerprint density at radius 1 is 1.42 bits per heavy atom. The Hall–Kier alpha value is -2.39. The van der Waals surface area contributed by atoms with Crippen LogP contribution in [0.5, 0.6) is 0 Å². The molecule has 0 aliphatic heterocycles. The Kier molecular flexibility index (Phi) is 5.25. The van der Waals surface area contributed by atoms with E-state index in [0.717, 1.165) is 4.88 Å². The molecule has 0 aliphatic carbocycles. The number of carbonyl (C=O) groups excluding carboxylic acids is 1. The Morgan fingerprint density at radius 2 is 2.12 bits per heavy atom. The van der Waals surface area contributed by atoms with Crippen LogP contribution < -0.4 is 10.9 Å². The fourth-order valence-electron chi connectivity index (χ4n) is 2.46. The summed E-state index contributed by atoms with van der Waals surface area (Å²) in [6.45, 7) is 7.78. The largest absolute Gasteiger partial charge is 0.346 e. The van der Waals surface area contributed by atoms with E-state index in [-0.39, 0.29) is 29.5 Å². The molecule has 1 N–H and O–H groups in total. The van der Waals surface area contributed by atoms with Gasteiger partial charge in [-0.25, -0.2) is 0 Å². The summed E-state index contributed by atoms with van der Waals surface area (Å²) in [5, 5.41) is 14.1. The van der Waals surface area contributed by atoms with E-state index in [4.69, 9.17) is 5.26 Å². The molecule has 0 fully saturated rings. The molecule has 0 unspecified atom stereocenters. The summed E-state index contributed by atoms with van der Waals surface area (Å²) in [6.07, 6.45) is 1.55. The zero-order chi connectivity index (χ0) is 17.9. The van der Waals surface area contributed by atoms with Crippen molar-refractivity contribution in [3.05, 3.63) is 56.1 Å². The van der Waals surface area contributed by atoms with Crippen molar-refractivity contribution < 1.29 is 4.79 Å². The number of thiophene rings is 1. The maximum atomic E-state index is 12.5. The van der Waals surface area contributed by atoms with Crippen LogP contribution in [0.2, 0.25) is 0 Å². The summed E-state index contributed by atoms with van der Waals surface area (Å²) in [5.74, 6) is -0.252. The van der Waals surface area contributed by atoms with Crippen LogP contribution in [-0.2, 0) is 11.3 Å². The lowest BCUT2D eigenvalue weighted by atomic mass is 9.85. The van der Waals surface area contributed by atoms with Gasteiger partial charge in [-0.15, -0.1) is 11.3 Å². The zero-order valence-corrected chi connectivity index (χ0v) is 15.1. The predicted octanol–water partition coefficient (Wildman–Crippen LogP) is 2.99. The monoisotopic (exact) mass is 343 g/mol. The molecule has 0 aromatic carbocycles. The van der Waals surface area contributed by atoms with Crippen LogP contribution in [0, 0.1) is 23.7 Å². The molecule has 2 aromatic rings. The summed E-state index contributed by atoms with van der Waals surface area (Å²) in [7, 11) is 0. The van der Waals surface area contributed by atoms with Crippen molar-refractivity contribution in [3.63, 3.8) is 0 Å². The highest BCUT2D eigenvalue weighted by molar-refractivity contribution is 7.10. The Morgan fingerprint density at radius 3 is 2.67 bits per heavy atom. The Balaban J connectivity index is 2.22. The summed E-state index contributed by atoms with van der Waals surface area (Å²) in [4.78, 5) is 25.8. The average molecular weight is 343 g/mol. The molecule has 1 amide bonds. The first-order chi connectivity index (χ1) is 11.2. The smallest absolute Gasteiger partial charge is 0.269 e. The summed E-state index contributed by atoms with van der Waals surface area (Å²) < 4.78 is 1.27. The molecule has 2 rings (SSSR count). The minimum absolute atomic E-state index is 0.0796. The molecule has 0 bridgehead atoms. The molecule has 0 saturated heterocycles. The van der Waals surface area contributed by atoms with Gasteiger partial charge in [0.2, 0.25) is 5.91 Å². The number of nitrogens with zero attached hydrogens (tertiary/aromatic N) is 2. The highest BCUT2D eigenvalue weighted by atomic mass is 32.1. The number of nitrogens with one attached hydrogen (secondary N) is 1. The van der Waals surface area contributed by atoms with Gasteiger partial charge in [0.15, 0.2) is 0 Å². The number of amides is 1. The maximum absolute atomic E-state index is 12.5. The number of pyridine rings is 1. The quantitative estimate of drug-likeness (QED) is 0.927. The first-order valence-corrected chi connectivity index (χ1v) is 8.55. The fraction of sp³-hybridized carbons (Fsp3) is 0.389. The standard InChI is InChI=1S/C18H21N3O2S/c1-12-7-8-21(17(23)13(12)10-19)11-15(22)20-16(18(2,3)4)14-6-5-9-24-14/h5-9,16H,11H2,1-4H3,(H,20,22)/t16-/m0/s1. The number of rotatable bonds is 4.